The lowest BCUT2D eigenvalue weighted by Gasteiger charge is -2.31. The molecule has 0 saturated carbocycles. The highest BCUT2D eigenvalue weighted by molar-refractivity contribution is 6.30. The molecule has 1 aliphatic rings. The van der Waals surface area contributed by atoms with Gasteiger partial charge < -0.3 is 19.7 Å². The van der Waals surface area contributed by atoms with E-state index in [0.717, 1.165) is 11.3 Å². The summed E-state index contributed by atoms with van der Waals surface area (Å²) in [6, 6.07) is 14.8. The number of nitrogens with zero attached hydrogens (tertiary/aromatic N) is 1. The molecule has 26 heavy (non-hydrogen) atoms. The van der Waals surface area contributed by atoms with E-state index < -0.39 is 0 Å². The monoisotopic (exact) mass is 374 g/mol. The van der Waals surface area contributed by atoms with E-state index in [1.807, 2.05) is 62.4 Å². The van der Waals surface area contributed by atoms with Gasteiger partial charge in [0, 0.05) is 11.6 Å². The summed E-state index contributed by atoms with van der Waals surface area (Å²) < 4.78 is 11.7. The number of carbonyl (C=O) groups excluding carboxylic acids is 1. The van der Waals surface area contributed by atoms with Gasteiger partial charge in [-0.05, 0) is 43.7 Å². The van der Waals surface area contributed by atoms with Crippen molar-refractivity contribution in [2.75, 3.05) is 19.7 Å². The number of halogens is 1. The van der Waals surface area contributed by atoms with Crippen molar-refractivity contribution in [2.45, 2.75) is 26.0 Å². The number of para-hydroxylation sites is 2. The Balaban J connectivity index is 1.59. The summed E-state index contributed by atoms with van der Waals surface area (Å²) >= 11 is 6.03. The molecule has 0 spiro atoms. The van der Waals surface area contributed by atoms with Gasteiger partial charge in [-0.25, -0.2) is 4.79 Å². The average molecular weight is 375 g/mol. The number of ether oxygens (including phenoxy) is 2. The Hall–Kier alpha value is -2.40. The van der Waals surface area contributed by atoms with Crippen LogP contribution in [-0.2, 0) is 0 Å². The lowest BCUT2D eigenvalue weighted by Crippen LogP contribution is -2.47. The fraction of sp³-hybridized carbons (Fsp3) is 0.350. The normalized spacial score (nSPS) is 16.7. The van der Waals surface area contributed by atoms with Gasteiger partial charge in [0.25, 0.3) is 0 Å². The lowest BCUT2D eigenvalue weighted by molar-refractivity contribution is 0.0672. The molecule has 0 aromatic heterocycles. The van der Waals surface area contributed by atoms with Crippen LogP contribution in [0.15, 0.2) is 48.5 Å². The number of benzene rings is 2. The van der Waals surface area contributed by atoms with E-state index in [-0.39, 0.29) is 18.2 Å². The van der Waals surface area contributed by atoms with Crippen LogP contribution in [0.1, 0.15) is 25.5 Å². The van der Waals surface area contributed by atoms with Crippen molar-refractivity contribution in [3.05, 3.63) is 59.1 Å². The van der Waals surface area contributed by atoms with Crippen LogP contribution < -0.4 is 14.8 Å². The Kier molecular flexibility index (Phi) is 5.89. The van der Waals surface area contributed by atoms with Crippen LogP contribution in [0, 0.1) is 0 Å². The largest absolute Gasteiger partial charge is 0.486 e. The number of likely N-dealkylation sites (N-methyl/N-ethyl adjacent to an activating group) is 1. The molecule has 0 radical (unpaired) electrons. The molecule has 6 heteroatoms. The zero-order chi connectivity index (χ0) is 18.5. The SMILES string of the molecule is CCN(CC1COc2ccccc2O1)C(=O)NC(C)c1cccc(Cl)c1. The summed E-state index contributed by atoms with van der Waals surface area (Å²) in [7, 11) is 0. The summed E-state index contributed by atoms with van der Waals surface area (Å²) in [5, 5.41) is 3.67. The van der Waals surface area contributed by atoms with Crippen LogP contribution in [0.2, 0.25) is 5.02 Å². The van der Waals surface area contributed by atoms with Crippen LogP contribution in [-0.4, -0.2) is 36.7 Å². The van der Waals surface area contributed by atoms with Gasteiger partial charge in [-0.15, -0.1) is 0 Å². The molecule has 1 N–H and O–H groups in total. The maximum absolute atomic E-state index is 12.6. The molecule has 0 bridgehead atoms. The minimum atomic E-state index is -0.197. The van der Waals surface area contributed by atoms with Gasteiger partial charge in [0.15, 0.2) is 17.6 Å². The number of urea groups is 1. The highest BCUT2D eigenvalue weighted by Crippen LogP contribution is 2.31. The molecule has 0 fully saturated rings. The lowest BCUT2D eigenvalue weighted by atomic mass is 10.1. The van der Waals surface area contributed by atoms with Crippen LogP contribution in [0.3, 0.4) is 0 Å². The number of carbonyl (C=O) groups is 1. The molecule has 2 aromatic rings. The number of hydrogen-bond donors (Lipinski definition) is 1. The van der Waals surface area contributed by atoms with Gasteiger partial charge in [-0.3, -0.25) is 0 Å². The van der Waals surface area contributed by atoms with Crippen LogP contribution in [0.25, 0.3) is 0 Å². The number of rotatable bonds is 5. The van der Waals surface area contributed by atoms with E-state index in [4.69, 9.17) is 21.1 Å². The van der Waals surface area contributed by atoms with E-state index >= 15 is 0 Å². The highest BCUT2D eigenvalue weighted by atomic mass is 35.5. The smallest absolute Gasteiger partial charge is 0.317 e. The predicted octanol–water partition coefficient (Wildman–Crippen LogP) is 4.27. The maximum Gasteiger partial charge on any atom is 0.317 e. The van der Waals surface area contributed by atoms with E-state index in [9.17, 15) is 4.79 Å². The number of fused-ring (bicyclic) bond motifs is 1. The minimum absolute atomic E-state index is 0.137. The standard InChI is InChI=1S/C20H23ClN2O3/c1-3-23(12-17-13-25-18-9-4-5-10-19(18)26-17)20(24)22-14(2)15-7-6-8-16(21)11-15/h4-11,14,17H,3,12-13H2,1-2H3,(H,22,24). The minimum Gasteiger partial charge on any atom is -0.486 e. The van der Waals surface area contributed by atoms with Gasteiger partial charge in [-0.2, -0.15) is 0 Å². The molecule has 1 heterocycles. The van der Waals surface area contributed by atoms with Crippen molar-refractivity contribution in [1.29, 1.82) is 0 Å². The number of nitrogens with one attached hydrogen (secondary N) is 1. The molecule has 138 valence electrons. The molecule has 1 aliphatic heterocycles. The molecule has 2 unspecified atom stereocenters. The Labute approximate surface area is 158 Å². The summed E-state index contributed by atoms with van der Waals surface area (Å²) in [5.41, 5.74) is 0.966. The zero-order valence-electron chi connectivity index (χ0n) is 14.9. The first-order valence-electron chi connectivity index (χ1n) is 8.76. The van der Waals surface area contributed by atoms with Crippen molar-refractivity contribution >= 4 is 17.6 Å². The van der Waals surface area contributed by atoms with Crippen molar-refractivity contribution in [1.82, 2.24) is 10.2 Å². The molecule has 2 amide bonds. The predicted molar refractivity (Wildman–Crippen MR) is 102 cm³/mol. The molecule has 0 aliphatic carbocycles. The second-order valence-corrected chi connectivity index (χ2v) is 6.70. The Morgan fingerprint density at radius 3 is 2.77 bits per heavy atom. The summed E-state index contributed by atoms with van der Waals surface area (Å²) in [6.07, 6.45) is -0.197. The first kappa shape index (κ1) is 18.4. The third-order valence-electron chi connectivity index (χ3n) is 4.35. The Bertz CT molecular complexity index is 768. The molecular formula is C20H23ClN2O3. The zero-order valence-corrected chi connectivity index (χ0v) is 15.7. The van der Waals surface area contributed by atoms with Crippen molar-refractivity contribution in [2.24, 2.45) is 0 Å². The van der Waals surface area contributed by atoms with Crippen LogP contribution in [0.5, 0.6) is 11.5 Å². The summed E-state index contributed by atoms with van der Waals surface area (Å²) in [6.45, 7) is 5.34. The molecule has 2 aromatic carbocycles. The number of hydrogen-bond acceptors (Lipinski definition) is 3. The maximum atomic E-state index is 12.6. The summed E-state index contributed by atoms with van der Waals surface area (Å²) in [5.74, 6) is 1.46. The third kappa shape index (κ3) is 4.41. The van der Waals surface area contributed by atoms with Crippen molar-refractivity contribution in [3.63, 3.8) is 0 Å². The first-order chi connectivity index (χ1) is 12.6. The second kappa shape index (κ2) is 8.32. The van der Waals surface area contributed by atoms with E-state index in [1.165, 1.54) is 0 Å². The van der Waals surface area contributed by atoms with Crippen LogP contribution in [0.4, 0.5) is 4.79 Å². The van der Waals surface area contributed by atoms with Crippen LogP contribution >= 0.6 is 11.6 Å². The summed E-state index contributed by atoms with van der Waals surface area (Å²) in [4.78, 5) is 14.4. The first-order valence-corrected chi connectivity index (χ1v) is 9.14. The molecule has 2 atom stereocenters. The fourth-order valence-electron chi connectivity index (χ4n) is 2.89. The quantitative estimate of drug-likeness (QED) is 0.850. The molecular weight excluding hydrogens is 352 g/mol. The molecule has 3 rings (SSSR count). The second-order valence-electron chi connectivity index (χ2n) is 6.26. The molecule has 0 saturated heterocycles. The van der Waals surface area contributed by atoms with E-state index in [2.05, 4.69) is 5.32 Å². The van der Waals surface area contributed by atoms with E-state index in [1.54, 1.807) is 4.90 Å². The molecule has 5 nitrogen and oxygen atoms in total. The van der Waals surface area contributed by atoms with E-state index in [0.29, 0.717) is 30.5 Å². The topological polar surface area (TPSA) is 50.8 Å². The number of amides is 2. The van der Waals surface area contributed by atoms with Crippen molar-refractivity contribution < 1.29 is 14.3 Å². The fourth-order valence-corrected chi connectivity index (χ4v) is 3.09. The highest BCUT2D eigenvalue weighted by Gasteiger charge is 2.25. The van der Waals surface area contributed by atoms with Crippen molar-refractivity contribution in [3.8, 4) is 11.5 Å². The Morgan fingerprint density at radius 1 is 1.27 bits per heavy atom. The third-order valence-corrected chi connectivity index (χ3v) is 4.58. The van der Waals surface area contributed by atoms with Gasteiger partial charge >= 0.3 is 6.03 Å². The van der Waals surface area contributed by atoms with Gasteiger partial charge in [-0.1, -0.05) is 35.9 Å². The average Bonchev–Trinajstić information content (AvgIpc) is 2.65. The van der Waals surface area contributed by atoms with Gasteiger partial charge in [0.1, 0.15) is 6.61 Å². The van der Waals surface area contributed by atoms with Gasteiger partial charge in [0.05, 0.1) is 12.6 Å². The Morgan fingerprint density at radius 2 is 2.04 bits per heavy atom. The van der Waals surface area contributed by atoms with Gasteiger partial charge in [0.2, 0.25) is 0 Å².